The van der Waals surface area contributed by atoms with Crippen molar-refractivity contribution in [2.75, 3.05) is 0 Å². The number of aryl methyl sites for hydroxylation is 1. The zero-order valence-corrected chi connectivity index (χ0v) is 9.78. The molecule has 1 rings (SSSR count). The van der Waals surface area contributed by atoms with Crippen molar-refractivity contribution >= 4 is 5.97 Å². The van der Waals surface area contributed by atoms with Crippen LogP contribution in [0.25, 0.3) is 0 Å². The van der Waals surface area contributed by atoms with Crippen LogP contribution in [0.2, 0.25) is 0 Å². The van der Waals surface area contributed by atoms with Gasteiger partial charge in [-0.1, -0.05) is 6.92 Å². The van der Waals surface area contributed by atoms with Crippen LogP contribution in [0.3, 0.4) is 0 Å². The lowest BCUT2D eigenvalue weighted by molar-refractivity contribution is -0.719. The first kappa shape index (κ1) is 11.8. The number of carboxylic acids is 1. The molecule has 1 heterocycles. The molecule has 0 N–H and O–H groups in total. The summed E-state index contributed by atoms with van der Waals surface area (Å²) >= 11 is 0. The lowest BCUT2D eigenvalue weighted by Crippen LogP contribution is -2.49. The van der Waals surface area contributed by atoms with Crippen molar-refractivity contribution in [1.29, 1.82) is 0 Å². The summed E-state index contributed by atoms with van der Waals surface area (Å²) in [4.78, 5) is 10.8. The molecule has 0 aliphatic rings. The smallest absolute Gasteiger partial charge is 0.256 e. The van der Waals surface area contributed by atoms with E-state index in [1.165, 1.54) is 0 Å². The lowest BCUT2D eigenvalue weighted by Gasteiger charge is -2.11. The molecule has 0 aromatic carbocycles. The molecule has 0 bridgehead atoms. The van der Waals surface area contributed by atoms with Gasteiger partial charge in [0.25, 0.3) is 5.82 Å². The Labute approximate surface area is 90.2 Å². The van der Waals surface area contributed by atoms with E-state index in [0.717, 1.165) is 24.5 Å². The fourth-order valence-electron chi connectivity index (χ4n) is 1.94. The van der Waals surface area contributed by atoms with E-state index in [-0.39, 0.29) is 0 Å². The number of carbonyl (C=O) groups is 1. The van der Waals surface area contributed by atoms with Crippen molar-refractivity contribution in [1.82, 2.24) is 4.57 Å². The Balaban J connectivity index is 3.24. The number of nitrogens with zero attached hydrogens (tertiary/aromatic N) is 2. The molecule has 15 heavy (non-hydrogen) atoms. The number of aromatic nitrogens is 2. The molecule has 0 aliphatic carbocycles. The molecule has 0 spiro atoms. The molecule has 0 radical (unpaired) electrons. The molecule has 0 amide bonds. The van der Waals surface area contributed by atoms with Crippen LogP contribution in [0.1, 0.15) is 38.3 Å². The van der Waals surface area contributed by atoms with Gasteiger partial charge in [-0.2, -0.15) is 0 Å². The van der Waals surface area contributed by atoms with Gasteiger partial charge in [-0.05, 0) is 13.8 Å². The Morgan fingerprint density at radius 2 is 2.20 bits per heavy atom. The number of carbonyl (C=O) groups excluding carboxylic acids is 1. The standard InChI is InChI=1S/C11H18N2O2/c1-5-10-12(6-2)8(3)7-13(10)9(4)11(14)15/h7,9H,5-6H2,1-4H3. The predicted octanol–water partition coefficient (Wildman–Crippen LogP) is -0.0228. The first-order valence-electron chi connectivity index (χ1n) is 5.33. The third-order valence-corrected chi connectivity index (χ3v) is 2.75. The van der Waals surface area contributed by atoms with E-state index in [4.69, 9.17) is 0 Å². The first-order valence-corrected chi connectivity index (χ1v) is 5.33. The van der Waals surface area contributed by atoms with Gasteiger partial charge in [-0.15, -0.1) is 0 Å². The minimum Gasteiger partial charge on any atom is -0.546 e. The minimum atomic E-state index is -1.04. The zero-order chi connectivity index (χ0) is 11.6. The lowest BCUT2D eigenvalue weighted by atomic mass is 10.3. The monoisotopic (exact) mass is 210 g/mol. The van der Waals surface area contributed by atoms with Gasteiger partial charge >= 0.3 is 0 Å². The summed E-state index contributed by atoms with van der Waals surface area (Å²) in [7, 11) is 0. The van der Waals surface area contributed by atoms with Crippen LogP contribution in [-0.4, -0.2) is 10.5 Å². The highest BCUT2D eigenvalue weighted by atomic mass is 16.4. The molecular formula is C11H18N2O2. The van der Waals surface area contributed by atoms with E-state index in [9.17, 15) is 9.90 Å². The molecule has 0 aliphatic heterocycles. The van der Waals surface area contributed by atoms with Crippen molar-refractivity contribution in [2.24, 2.45) is 0 Å². The second-order valence-electron chi connectivity index (χ2n) is 3.69. The average molecular weight is 210 g/mol. The van der Waals surface area contributed by atoms with Gasteiger partial charge in [0.2, 0.25) is 0 Å². The topological polar surface area (TPSA) is 48.9 Å². The summed E-state index contributed by atoms with van der Waals surface area (Å²) in [6.45, 7) is 8.58. The van der Waals surface area contributed by atoms with Gasteiger partial charge < -0.3 is 9.90 Å². The SMILES string of the molecule is CCc1n(CC)c(C)c[n+]1C(C)C(=O)[O-]. The number of rotatable bonds is 4. The van der Waals surface area contributed by atoms with E-state index in [1.807, 2.05) is 20.0 Å². The summed E-state index contributed by atoms with van der Waals surface area (Å²) in [5.41, 5.74) is 1.09. The predicted molar refractivity (Wildman–Crippen MR) is 54.1 cm³/mol. The molecule has 1 atom stereocenters. The van der Waals surface area contributed by atoms with Crippen LogP contribution in [0, 0.1) is 6.92 Å². The van der Waals surface area contributed by atoms with Crippen molar-refractivity contribution < 1.29 is 14.5 Å². The van der Waals surface area contributed by atoms with Gasteiger partial charge in [-0.3, -0.25) is 0 Å². The largest absolute Gasteiger partial charge is 0.546 e. The summed E-state index contributed by atoms with van der Waals surface area (Å²) in [6, 6.07) is -0.605. The molecule has 84 valence electrons. The summed E-state index contributed by atoms with van der Waals surface area (Å²) in [5, 5.41) is 10.8. The van der Waals surface area contributed by atoms with Gasteiger partial charge in [0.15, 0.2) is 0 Å². The number of hydrogen-bond donors (Lipinski definition) is 0. The fourth-order valence-corrected chi connectivity index (χ4v) is 1.94. The first-order chi connectivity index (χ1) is 7.02. The molecule has 4 heteroatoms. The zero-order valence-electron chi connectivity index (χ0n) is 9.78. The van der Waals surface area contributed by atoms with Gasteiger partial charge in [-0.25, -0.2) is 9.13 Å². The Hall–Kier alpha value is -1.32. The van der Waals surface area contributed by atoms with Gasteiger partial charge in [0.05, 0.1) is 12.5 Å². The molecular weight excluding hydrogens is 192 g/mol. The van der Waals surface area contributed by atoms with E-state index in [2.05, 4.69) is 11.5 Å². The molecule has 0 saturated carbocycles. The minimum absolute atomic E-state index is 0.605. The Kier molecular flexibility index (Phi) is 3.50. The van der Waals surface area contributed by atoms with E-state index >= 15 is 0 Å². The van der Waals surface area contributed by atoms with Crippen molar-refractivity contribution in [3.63, 3.8) is 0 Å². The van der Waals surface area contributed by atoms with E-state index < -0.39 is 12.0 Å². The number of hydrogen-bond acceptors (Lipinski definition) is 2. The van der Waals surface area contributed by atoms with Gasteiger partial charge in [0.1, 0.15) is 17.9 Å². The quantitative estimate of drug-likeness (QED) is 0.656. The van der Waals surface area contributed by atoms with Crippen LogP contribution in [0.4, 0.5) is 0 Å². The Morgan fingerprint density at radius 3 is 2.60 bits per heavy atom. The second-order valence-corrected chi connectivity index (χ2v) is 3.69. The summed E-state index contributed by atoms with van der Waals surface area (Å²) < 4.78 is 3.91. The van der Waals surface area contributed by atoms with Crippen LogP contribution in [0.15, 0.2) is 6.20 Å². The van der Waals surface area contributed by atoms with Crippen LogP contribution in [0.5, 0.6) is 0 Å². The van der Waals surface area contributed by atoms with Crippen LogP contribution < -0.4 is 9.67 Å². The highest BCUT2D eigenvalue weighted by Gasteiger charge is 2.22. The Morgan fingerprint density at radius 1 is 1.60 bits per heavy atom. The summed E-state index contributed by atoms with van der Waals surface area (Å²) in [5.74, 6) is -0.00495. The maximum absolute atomic E-state index is 10.8. The van der Waals surface area contributed by atoms with Crippen molar-refractivity contribution in [3.05, 3.63) is 17.7 Å². The maximum atomic E-state index is 10.8. The fraction of sp³-hybridized carbons (Fsp3) is 0.636. The molecule has 1 aromatic rings. The number of aliphatic carboxylic acids is 1. The van der Waals surface area contributed by atoms with E-state index in [1.54, 1.807) is 11.5 Å². The van der Waals surface area contributed by atoms with Crippen molar-refractivity contribution in [3.8, 4) is 0 Å². The number of carboxylic acid groups (broad SMARTS) is 1. The highest BCUT2D eigenvalue weighted by molar-refractivity contribution is 5.66. The molecule has 0 saturated heterocycles. The molecule has 4 nitrogen and oxygen atoms in total. The maximum Gasteiger partial charge on any atom is 0.256 e. The molecule has 1 unspecified atom stereocenters. The third-order valence-electron chi connectivity index (χ3n) is 2.75. The van der Waals surface area contributed by atoms with Gasteiger partial charge in [0, 0.05) is 13.3 Å². The normalized spacial score (nSPS) is 12.8. The number of imidazole rings is 1. The average Bonchev–Trinajstić information content (AvgIpc) is 2.52. The van der Waals surface area contributed by atoms with E-state index in [0.29, 0.717) is 0 Å². The van der Waals surface area contributed by atoms with Crippen LogP contribution >= 0.6 is 0 Å². The molecule has 0 fully saturated rings. The van der Waals surface area contributed by atoms with Crippen LogP contribution in [-0.2, 0) is 17.8 Å². The van der Waals surface area contributed by atoms with Crippen molar-refractivity contribution in [2.45, 2.75) is 46.7 Å². The molecule has 1 aromatic heterocycles. The summed E-state index contributed by atoms with van der Waals surface area (Å²) in [6.07, 6.45) is 2.70. The Bertz CT molecular complexity index is 369. The highest BCUT2D eigenvalue weighted by Crippen LogP contribution is 2.06. The third kappa shape index (κ3) is 2.03. The second kappa shape index (κ2) is 4.47.